The van der Waals surface area contributed by atoms with Gasteiger partial charge >= 0.3 is 0 Å². The van der Waals surface area contributed by atoms with Crippen molar-refractivity contribution in [3.8, 4) is 22.8 Å². The van der Waals surface area contributed by atoms with Crippen LogP contribution in [0.4, 0.5) is 8.78 Å². The molecule has 0 aliphatic carbocycles. The maximum absolute atomic E-state index is 14.6. The van der Waals surface area contributed by atoms with E-state index in [1.54, 1.807) is 19.4 Å². The summed E-state index contributed by atoms with van der Waals surface area (Å²) >= 11 is 0. The third kappa shape index (κ3) is 4.69. The van der Waals surface area contributed by atoms with Crippen LogP contribution >= 0.6 is 0 Å². The first-order chi connectivity index (χ1) is 17.8. The smallest absolute Gasteiger partial charge is 0.251 e. The zero-order chi connectivity index (χ0) is 26.2. The number of nitrogens with one attached hydrogen (secondary N) is 1. The zero-order valence-electron chi connectivity index (χ0n) is 19.6. The van der Waals surface area contributed by atoms with Gasteiger partial charge in [0.05, 0.1) is 37.2 Å². The lowest BCUT2D eigenvalue weighted by atomic mass is 10.1. The van der Waals surface area contributed by atoms with Crippen LogP contribution in [-0.4, -0.2) is 43.5 Å². The van der Waals surface area contributed by atoms with Gasteiger partial charge in [-0.15, -0.1) is 0 Å². The summed E-state index contributed by atoms with van der Waals surface area (Å²) in [5.74, 6) is -1.72. The van der Waals surface area contributed by atoms with Crippen LogP contribution in [0.25, 0.3) is 22.2 Å². The Balaban J connectivity index is 1.39. The number of rotatable bonds is 5. The van der Waals surface area contributed by atoms with E-state index in [0.29, 0.717) is 22.7 Å². The largest absolute Gasteiger partial charge is 0.496 e. The number of alkyl halides is 1. The molecule has 0 fully saturated rings. The lowest BCUT2D eigenvalue weighted by Gasteiger charge is -2.12. The van der Waals surface area contributed by atoms with Crippen LogP contribution < -0.4 is 14.8 Å². The van der Waals surface area contributed by atoms with Gasteiger partial charge in [0.25, 0.3) is 5.91 Å². The Kier molecular flexibility index (Phi) is 6.46. The van der Waals surface area contributed by atoms with Crippen LogP contribution in [0.5, 0.6) is 11.5 Å². The van der Waals surface area contributed by atoms with E-state index in [9.17, 15) is 22.0 Å². The van der Waals surface area contributed by atoms with Crippen molar-refractivity contribution in [3.05, 3.63) is 77.9 Å². The number of aromatic nitrogens is 2. The standard InChI is InChI=1S/C26H21F2N3O5S/c1-35-22-5-3-2-4-18(22)20-7-6-15-13-29-17(12-21(15)31-20)14-30-26(32)16-10-19(27)25-23(11-16)37(33,34)24(28)8-9-36-25/h2-7,10-13,24H,8-9,14H2,1H3,(H,30,32)/t24-/m1/s1. The van der Waals surface area contributed by atoms with E-state index < -0.39 is 44.1 Å². The fraction of sp³-hybridized carbons (Fsp3) is 0.192. The molecule has 11 heteroatoms. The van der Waals surface area contributed by atoms with Crippen molar-refractivity contribution in [2.45, 2.75) is 23.4 Å². The number of ether oxygens (including phenoxy) is 2. The summed E-state index contributed by atoms with van der Waals surface area (Å²) in [6.07, 6.45) is 1.18. The van der Waals surface area contributed by atoms with Gasteiger partial charge in [0.1, 0.15) is 10.6 Å². The Bertz CT molecular complexity index is 1630. The van der Waals surface area contributed by atoms with Gasteiger partial charge in [-0.2, -0.15) is 0 Å². The fourth-order valence-corrected chi connectivity index (χ4v) is 5.42. The van der Waals surface area contributed by atoms with Crippen molar-refractivity contribution in [1.29, 1.82) is 0 Å². The average molecular weight is 526 g/mol. The van der Waals surface area contributed by atoms with Crippen molar-refractivity contribution in [2.24, 2.45) is 0 Å². The van der Waals surface area contributed by atoms with Crippen molar-refractivity contribution in [3.63, 3.8) is 0 Å². The van der Waals surface area contributed by atoms with E-state index in [-0.39, 0.29) is 18.7 Å². The number of hydrogen-bond acceptors (Lipinski definition) is 7. The third-order valence-corrected chi connectivity index (χ3v) is 7.77. The minimum Gasteiger partial charge on any atom is -0.496 e. The second-order valence-electron chi connectivity index (χ2n) is 8.33. The van der Waals surface area contributed by atoms with Crippen molar-refractivity contribution < 1.29 is 31.5 Å². The Labute approximate surface area is 211 Å². The van der Waals surface area contributed by atoms with Crippen LogP contribution in [-0.2, 0) is 16.4 Å². The predicted octanol–water partition coefficient (Wildman–Crippen LogP) is 4.23. The van der Waals surface area contributed by atoms with Crippen LogP contribution in [0.2, 0.25) is 0 Å². The first kappa shape index (κ1) is 24.6. The Morgan fingerprint density at radius 2 is 2.00 bits per heavy atom. The summed E-state index contributed by atoms with van der Waals surface area (Å²) in [6, 6.07) is 14.7. The molecular weight excluding hydrogens is 504 g/mol. The molecule has 1 aliphatic rings. The van der Waals surface area contributed by atoms with Gasteiger partial charge in [-0.3, -0.25) is 9.78 Å². The number of sulfone groups is 1. The van der Waals surface area contributed by atoms with E-state index in [1.807, 2.05) is 36.4 Å². The average Bonchev–Trinajstić information content (AvgIpc) is 3.02. The van der Waals surface area contributed by atoms with Crippen LogP contribution in [0.1, 0.15) is 22.5 Å². The fourth-order valence-electron chi connectivity index (χ4n) is 4.03. The number of fused-ring (bicyclic) bond motifs is 2. The normalized spacial score (nSPS) is 16.4. The first-order valence-electron chi connectivity index (χ1n) is 11.3. The molecule has 2 aromatic heterocycles. The number of carbonyl (C=O) groups is 1. The maximum atomic E-state index is 14.6. The summed E-state index contributed by atoms with van der Waals surface area (Å²) in [7, 11) is -2.92. The second-order valence-corrected chi connectivity index (χ2v) is 10.4. The van der Waals surface area contributed by atoms with Crippen molar-refractivity contribution in [1.82, 2.24) is 15.3 Å². The van der Waals surface area contributed by atoms with Crippen LogP contribution in [0.3, 0.4) is 0 Å². The van der Waals surface area contributed by atoms with Gasteiger partial charge in [-0.05, 0) is 42.5 Å². The molecule has 0 saturated carbocycles. The quantitative estimate of drug-likeness (QED) is 0.416. The highest BCUT2D eigenvalue weighted by atomic mass is 32.2. The molecule has 0 saturated heterocycles. The molecule has 8 nitrogen and oxygen atoms in total. The molecule has 0 radical (unpaired) electrons. The summed E-state index contributed by atoms with van der Waals surface area (Å²) in [5, 5.41) is 3.37. The number of amides is 1. The molecule has 4 aromatic rings. The van der Waals surface area contributed by atoms with E-state index in [4.69, 9.17) is 14.5 Å². The van der Waals surface area contributed by atoms with E-state index >= 15 is 0 Å². The number of carbonyl (C=O) groups excluding carboxylic acids is 1. The Hall–Kier alpha value is -4.12. The van der Waals surface area contributed by atoms with E-state index in [1.165, 1.54) is 0 Å². The maximum Gasteiger partial charge on any atom is 0.251 e. The number of methoxy groups -OCH3 is 1. The third-order valence-electron chi connectivity index (χ3n) is 5.95. The number of halogens is 2. The number of nitrogens with zero attached hydrogens (tertiary/aromatic N) is 2. The molecule has 0 spiro atoms. The molecule has 190 valence electrons. The molecule has 0 unspecified atom stereocenters. The van der Waals surface area contributed by atoms with E-state index in [2.05, 4.69) is 10.3 Å². The summed E-state index contributed by atoms with van der Waals surface area (Å²) in [6.45, 7) is -0.334. The lowest BCUT2D eigenvalue weighted by molar-refractivity contribution is 0.0949. The molecule has 37 heavy (non-hydrogen) atoms. The molecule has 3 heterocycles. The van der Waals surface area contributed by atoms with Crippen molar-refractivity contribution in [2.75, 3.05) is 13.7 Å². The highest BCUT2D eigenvalue weighted by molar-refractivity contribution is 7.92. The van der Waals surface area contributed by atoms with Gasteiger partial charge < -0.3 is 14.8 Å². The van der Waals surface area contributed by atoms with Gasteiger partial charge in [-0.1, -0.05) is 12.1 Å². The zero-order valence-corrected chi connectivity index (χ0v) is 20.4. The highest BCUT2D eigenvalue weighted by Gasteiger charge is 2.35. The molecular formula is C26H21F2N3O5S. The van der Waals surface area contributed by atoms with Crippen LogP contribution in [0.15, 0.2) is 65.7 Å². The molecule has 2 aromatic carbocycles. The molecule has 1 amide bonds. The predicted molar refractivity (Wildman–Crippen MR) is 131 cm³/mol. The van der Waals surface area contributed by atoms with Gasteiger partial charge in [0.2, 0.25) is 15.3 Å². The topological polar surface area (TPSA) is 107 Å². The Morgan fingerprint density at radius 3 is 2.81 bits per heavy atom. The number of hydrogen-bond donors (Lipinski definition) is 1. The summed E-state index contributed by atoms with van der Waals surface area (Å²) in [5.41, 5.74) is 0.0901. The van der Waals surface area contributed by atoms with Gasteiger partial charge in [0.15, 0.2) is 11.6 Å². The highest BCUT2D eigenvalue weighted by Crippen LogP contribution is 2.35. The Morgan fingerprint density at radius 1 is 1.19 bits per heavy atom. The first-order valence-corrected chi connectivity index (χ1v) is 12.8. The molecule has 1 N–H and O–H groups in total. The molecule has 1 aliphatic heterocycles. The molecule has 1 atom stereocenters. The van der Waals surface area contributed by atoms with Gasteiger partial charge in [-0.25, -0.2) is 22.2 Å². The number of pyridine rings is 2. The van der Waals surface area contributed by atoms with Crippen molar-refractivity contribution >= 4 is 26.6 Å². The molecule has 0 bridgehead atoms. The molecule has 5 rings (SSSR count). The van der Waals surface area contributed by atoms with Crippen LogP contribution in [0, 0.1) is 5.82 Å². The minimum atomic E-state index is -4.50. The number of benzene rings is 2. The SMILES string of the molecule is COc1ccccc1-c1ccc2cnc(CNC(=O)c3cc(F)c4c(c3)S(=O)(=O)[C@@H](F)CCO4)cc2n1. The van der Waals surface area contributed by atoms with E-state index in [0.717, 1.165) is 23.1 Å². The van der Waals surface area contributed by atoms with Gasteiger partial charge in [0, 0.05) is 29.1 Å². The monoisotopic (exact) mass is 525 g/mol. The number of para-hydroxylation sites is 1. The minimum absolute atomic E-state index is 0.0387. The lowest BCUT2D eigenvalue weighted by Crippen LogP contribution is -2.24. The second kappa shape index (κ2) is 9.74. The summed E-state index contributed by atoms with van der Waals surface area (Å²) < 4.78 is 64.1. The summed E-state index contributed by atoms with van der Waals surface area (Å²) in [4.78, 5) is 21.1.